The molecule has 1 fully saturated rings. The summed E-state index contributed by atoms with van der Waals surface area (Å²) in [4.78, 5) is 17.0. The SMILES string of the molecule is CCC(=O)N(Cc1ccccc1)Cc1c(-c2ccccc2)noc1N1CCCC1. The van der Waals surface area contributed by atoms with Gasteiger partial charge in [0.2, 0.25) is 11.8 Å². The Bertz CT molecular complexity index is 931. The van der Waals surface area contributed by atoms with Gasteiger partial charge in [0.15, 0.2) is 0 Å². The van der Waals surface area contributed by atoms with Gasteiger partial charge in [0, 0.05) is 31.6 Å². The zero-order chi connectivity index (χ0) is 20.1. The molecule has 5 nitrogen and oxygen atoms in total. The zero-order valence-corrected chi connectivity index (χ0v) is 16.9. The van der Waals surface area contributed by atoms with E-state index in [1.807, 2.05) is 60.4 Å². The van der Waals surface area contributed by atoms with Crippen molar-refractivity contribution in [2.45, 2.75) is 39.3 Å². The average Bonchev–Trinajstić information content (AvgIpc) is 3.44. The minimum Gasteiger partial charge on any atom is -0.340 e. The van der Waals surface area contributed by atoms with Gasteiger partial charge in [-0.3, -0.25) is 4.79 Å². The fourth-order valence-electron chi connectivity index (χ4n) is 3.89. The van der Waals surface area contributed by atoms with Crippen LogP contribution in [0, 0.1) is 0 Å². The van der Waals surface area contributed by atoms with E-state index in [9.17, 15) is 4.79 Å². The molecule has 1 aromatic heterocycles. The lowest BCUT2D eigenvalue weighted by Crippen LogP contribution is -2.30. The van der Waals surface area contributed by atoms with Crippen LogP contribution in [0.5, 0.6) is 0 Å². The van der Waals surface area contributed by atoms with Crippen LogP contribution in [0.15, 0.2) is 65.2 Å². The van der Waals surface area contributed by atoms with E-state index in [0.717, 1.165) is 54.2 Å². The Morgan fingerprint density at radius 3 is 2.31 bits per heavy atom. The van der Waals surface area contributed by atoms with Gasteiger partial charge >= 0.3 is 0 Å². The molecule has 3 aromatic rings. The Morgan fingerprint density at radius 1 is 1.00 bits per heavy atom. The number of benzene rings is 2. The lowest BCUT2D eigenvalue weighted by atomic mass is 10.1. The molecule has 2 heterocycles. The zero-order valence-electron chi connectivity index (χ0n) is 16.9. The monoisotopic (exact) mass is 389 g/mol. The van der Waals surface area contributed by atoms with Crippen molar-refractivity contribution >= 4 is 11.8 Å². The third kappa shape index (κ3) is 4.34. The fourth-order valence-corrected chi connectivity index (χ4v) is 3.89. The molecule has 4 rings (SSSR count). The first-order valence-electron chi connectivity index (χ1n) is 10.4. The van der Waals surface area contributed by atoms with Gasteiger partial charge in [-0.1, -0.05) is 72.7 Å². The molecule has 5 heteroatoms. The maximum atomic E-state index is 12.8. The van der Waals surface area contributed by atoms with Crippen molar-refractivity contribution < 1.29 is 9.32 Å². The van der Waals surface area contributed by atoms with Gasteiger partial charge in [-0.15, -0.1) is 0 Å². The van der Waals surface area contributed by atoms with Crippen LogP contribution in [0.3, 0.4) is 0 Å². The largest absolute Gasteiger partial charge is 0.340 e. The molecule has 1 saturated heterocycles. The van der Waals surface area contributed by atoms with E-state index in [1.54, 1.807) is 0 Å². The molecule has 1 aliphatic heterocycles. The number of nitrogens with zero attached hydrogens (tertiary/aromatic N) is 3. The standard InChI is InChI=1S/C24H27N3O2/c1-2-22(28)27(17-19-11-5-3-6-12-19)18-21-23(20-13-7-4-8-14-20)25-29-24(21)26-15-9-10-16-26/h3-8,11-14H,2,9-10,15-18H2,1H3. The molecule has 29 heavy (non-hydrogen) atoms. The highest BCUT2D eigenvalue weighted by atomic mass is 16.5. The number of amides is 1. The van der Waals surface area contributed by atoms with Gasteiger partial charge in [0.25, 0.3) is 0 Å². The number of rotatable bonds is 7. The Kier molecular flexibility index (Phi) is 5.94. The quantitative estimate of drug-likeness (QED) is 0.578. The molecule has 0 saturated carbocycles. The minimum atomic E-state index is 0.126. The van der Waals surface area contributed by atoms with E-state index in [1.165, 1.54) is 0 Å². The predicted molar refractivity (Wildman–Crippen MR) is 114 cm³/mol. The maximum Gasteiger partial charge on any atom is 0.232 e. The summed E-state index contributed by atoms with van der Waals surface area (Å²) < 4.78 is 5.84. The number of hydrogen-bond donors (Lipinski definition) is 0. The van der Waals surface area contributed by atoms with Crippen molar-refractivity contribution in [3.05, 3.63) is 71.8 Å². The smallest absolute Gasteiger partial charge is 0.232 e. The van der Waals surface area contributed by atoms with Crippen molar-refractivity contribution in [1.29, 1.82) is 0 Å². The predicted octanol–water partition coefficient (Wildman–Crippen LogP) is 4.88. The first-order valence-corrected chi connectivity index (χ1v) is 10.4. The fraction of sp³-hybridized carbons (Fsp3) is 0.333. The van der Waals surface area contributed by atoms with Crippen LogP contribution in [0.25, 0.3) is 11.3 Å². The number of anilines is 1. The molecular formula is C24H27N3O2. The summed E-state index contributed by atoms with van der Waals surface area (Å²) in [5.41, 5.74) is 3.96. The van der Waals surface area contributed by atoms with Crippen LogP contribution in [0.2, 0.25) is 0 Å². The van der Waals surface area contributed by atoms with E-state index < -0.39 is 0 Å². The summed E-state index contributed by atoms with van der Waals surface area (Å²) in [6, 6.07) is 20.2. The summed E-state index contributed by atoms with van der Waals surface area (Å²) in [5, 5.41) is 4.42. The van der Waals surface area contributed by atoms with Crippen molar-refractivity contribution in [1.82, 2.24) is 10.1 Å². The van der Waals surface area contributed by atoms with Gasteiger partial charge in [-0.05, 0) is 18.4 Å². The summed E-state index contributed by atoms with van der Waals surface area (Å²) >= 11 is 0. The number of carbonyl (C=O) groups is 1. The number of hydrogen-bond acceptors (Lipinski definition) is 4. The second-order valence-electron chi connectivity index (χ2n) is 7.46. The minimum absolute atomic E-state index is 0.126. The Morgan fingerprint density at radius 2 is 1.66 bits per heavy atom. The highest BCUT2D eigenvalue weighted by Crippen LogP contribution is 2.34. The summed E-state index contributed by atoms with van der Waals surface area (Å²) in [5.74, 6) is 0.935. The molecule has 0 unspecified atom stereocenters. The lowest BCUT2D eigenvalue weighted by molar-refractivity contribution is -0.132. The first kappa shape index (κ1) is 19.2. The van der Waals surface area contributed by atoms with Crippen LogP contribution < -0.4 is 4.90 Å². The van der Waals surface area contributed by atoms with E-state index in [0.29, 0.717) is 19.5 Å². The first-order chi connectivity index (χ1) is 14.3. The lowest BCUT2D eigenvalue weighted by Gasteiger charge is -2.24. The molecule has 1 amide bonds. The molecule has 0 radical (unpaired) electrons. The normalized spacial score (nSPS) is 13.6. The molecule has 150 valence electrons. The molecular weight excluding hydrogens is 362 g/mol. The highest BCUT2D eigenvalue weighted by Gasteiger charge is 2.27. The van der Waals surface area contributed by atoms with Crippen molar-refractivity contribution in [2.75, 3.05) is 18.0 Å². The number of aromatic nitrogens is 1. The topological polar surface area (TPSA) is 49.6 Å². The molecule has 0 aliphatic carbocycles. The van der Waals surface area contributed by atoms with Gasteiger partial charge < -0.3 is 14.3 Å². The van der Waals surface area contributed by atoms with Gasteiger partial charge in [0.05, 0.1) is 12.1 Å². The molecule has 2 aromatic carbocycles. The van der Waals surface area contributed by atoms with E-state index in [2.05, 4.69) is 22.2 Å². The molecule has 0 spiro atoms. The summed E-state index contributed by atoms with van der Waals surface area (Å²) in [7, 11) is 0. The molecule has 0 N–H and O–H groups in total. The van der Waals surface area contributed by atoms with Crippen LogP contribution in [0.1, 0.15) is 37.3 Å². The Hall–Kier alpha value is -3.08. The van der Waals surface area contributed by atoms with Crippen LogP contribution in [0.4, 0.5) is 5.88 Å². The summed E-state index contributed by atoms with van der Waals surface area (Å²) in [6.45, 7) is 4.91. The van der Waals surface area contributed by atoms with Crippen LogP contribution >= 0.6 is 0 Å². The second kappa shape index (κ2) is 8.95. The van der Waals surface area contributed by atoms with Crippen molar-refractivity contribution in [3.8, 4) is 11.3 Å². The third-order valence-electron chi connectivity index (χ3n) is 5.43. The van der Waals surface area contributed by atoms with Crippen LogP contribution in [-0.4, -0.2) is 29.1 Å². The second-order valence-corrected chi connectivity index (χ2v) is 7.46. The van der Waals surface area contributed by atoms with E-state index >= 15 is 0 Å². The van der Waals surface area contributed by atoms with Crippen molar-refractivity contribution in [3.63, 3.8) is 0 Å². The highest BCUT2D eigenvalue weighted by molar-refractivity contribution is 5.77. The third-order valence-corrected chi connectivity index (χ3v) is 5.43. The van der Waals surface area contributed by atoms with Gasteiger partial charge in [0.1, 0.15) is 5.69 Å². The molecule has 0 bridgehead atoms. The van der Waals surface area contributed by atoms with E-state index in [4.69, 9.17) is 4.52 Å². The average molecular weight is 389 g/mol. The maximum absolute atomic E-state index is 12.8. The van der Waals surface area contributed by atoms with Gasteiger partial charge in [-0.2, -0.15) is 0 Å². The number of carbonyl (C=O) groups excluding carboxylic acids is 1. The Labute approximate surface area is 171 Å². The molecule has 1 aliphatic rings. The summed E-state index contributed by atoms with van der Waals surface area (Å²) in [6.07, 6.45) is 2.78. The van der Waals surface area contributed by atoms with Crippen LogP contribution in [-0.2, 0) is 17.9 Å². The van der Waals surface area contributed by atoms with E-state index in [-0.39, 0.29) is 5.91 Å². The molecule has 0 atom stereocenters. The Balaban J connectivity index is 1.70. The van der Waals surface area contributed by atoms with Crippen molar-refractivity contribution in [2.24, 2.45) is 0 Å². The van der Waals surface area contributed by atoms with Gasteiger partial charge in [-0.25, -0.2) is 0 Å².